The van der Waals surface area contributed by atoms with Gasteiger partial charge in [0.1, 0.15) is 6.54 Å². The number of hydrogen-bond acceptors (Lipinski definition) is 6. The van der Waals surface area contributed by atoms with Crippen LogP contribution in [-0.4, -0.2) is 40.3 Å². The lowest BCUT2D eigenvalue weighted by molar-refractivity contribution is -0.137. The van der Waals surface area contributed by atoms with Crippen LogP contribution in [-0.2, 0) is 21.0 Å². The second-order valence-corrected chi connectivity index (χ2v) is 10.1. The number of carbonyl (C=O) groups excluding carboxylic acids is 1. The molecule has 1 N–H and O–H groups in total. The predicted octanol–water partition coefficient (Wildman–Crippen LogP) is 5.50. The summed E-state index contributed by atoms with van der Waals surface area (Å²) in [4.78, 5) is 12.5. The number of nitrogens with zero attached hydrogens (tertiary/aromatic N) is 2. The van der Waals surface area contributed by atoms with E-state index in [4.69, 9.17) is 21.1 Å². The molecule has 0 heterocycles. The Morgan fingerprint density at radius 2 is 1.67 bits per heavy atom. The van der Waals surface area contributed by atoms with Gasteiger partial charge in [0.25, 0.3) is 15.9 Å². The summed E-state index contributed by atoms with van der Waals surface area (Å²) < 4.78 is 78.5. The van der Waals surface area contributed by atoms with E-state index in [0.717, 1.165) is 12.1 Å². The first kappa shape index (κ1) is 29.8. The molecule has 39 heavy (non-hydrogen) atoms. The van der Waals surface area contributed by atoms with Gasteiger partial charge in [-0.15, -0.1) is 0 Å². The summed E-state index contributed by atoms with van der Waals surface area (Å²) in [5.41, 5.74) is 1.09. The number of sulfonamides is 1. The van der Waals surface area contributed by atoms with Gasteiger partial charge < -0.3 is 9.47 Å². The molecule has 0 radical (unpaired) electrons. The van der Waals surface area contributed by atoms with Gasteiger partial charge in [-0.2, -0.15) is 18.3 Å². The van der Waals surface area contributed by atoms with Gasteiger partial charge in [-0.25, -0.2) is 13.8 Å². The maximum Gasteiger partial charge on any atom is 0.416 e. The van der Waals surface area contributed by atoms with E-state index in [-0.39, 0.29) is 9.92 Å². The molecule has 0 aliphatic heterocycles. The van der Waals surface area contributed by atoms with Gasteiger partial charge in [0.05, 0.1) is 40.6 Å². The number of amides is 1. The Hall–Kier alpha value is -3.77. The van der Waals surface area contributed by atoms with Crippen molar-refractivity contribution in [1.29, 1.82) is 0 Å². The van der Waals surface area contributed by atoms with Gasteiger partial charge >= 0.3 is 6.18 Å². The average Bonchev–Trinajstić information content (AvgIpc) is 2.89. The second-order valence-electron chi connectivity index (χ2n) is 7.85. The van der Waals surface area contributed by atoms with E-state index in [9.17, 15) is 26.4 Å². The zero-order valence-corrected chi connectivity index (χ0v) is 22.5. The Balaban J connectivity index is 1.90. The van der Waals surface area contributed by atoms with Gasteiger partial charge in [0, 0.05) is 0 Å². The van der Waals surface area contributed by atoms with E-state index < -0.39 is 39.9 Å². The summed E-state index contributed by atoms with van der Waals surface area (Å²) in [7, 11) is -4.49. The molecule has 0 atom stereocenters. The minimum Gasteiger partial charge on any atom is -0.490 e. The van der Waals surface area contributed by atoms with Gasteiger partial charge in [-0.05, 0) is 67.9 Å². The van der Waals surface area contributed by atoms with E-state index in [0.29, 0.717) is 40.6 Å². The maximum absolute atomic E-state index is 13.4. The third-order valence-corrected chi connectivity index (χ3v) is 7.22. The van der Waals surface area contributed by atoms with Crippen LogP contribution in [0.4, 0.5) is 18.9 Å². The van der Waals surface area contributed by atoms with Gasteiger partial charge in [-0.3, -0.25) is 9.10 Å². The highest BCUT2D eigenvalue weighted by molar-refractivity contribution is 7.92. The molecule has 0 saturated carbocycles. The number of rotatable bonds is 11. The number of nitrogens with one attached hydrogen (secondary N) is 1. The molecule has 0 aromatic heterocycles. The number of halogens is 4. The summed E-state index contributed by atoms with van der Waals surface area (Å²) in [6, 6.07) is 14.1. The first-order chi connectivity index (χ1) is 18.5. The SMILES string of the molecule is CCOc1ccc(/C=N/NC(=O)CN(c2cc(C(F)(F)F)ccc2Cl)S(=O)(=O)c2ccccc2)cc1OCC. The molecule has 0 saturated heterocycles. The quantitative estimate of drug-likeness (QED) is 0.237. The Morgan fingerprint density at radius 1 is 1.00 bits per heavy atom. The van der Waals surface area contributed by atoms with Crippen LogP contribution in [0.15, 0.2) is 76.7 Å². The predicted molar refractivity (Wildman–Crippen MR) is 142 cm³/mol. The minimum absolute atomic E-state index is 0.243. The molecular weight excluding hydrogens is 559 g/mol. The van der Waals surface area contributed by atoms with Crippen molar-refractivity contribution in [1.82, 2.24) is 5.43 Å². The lowest BCUT2D eigenvalue weighted by Crippen LogP contribution is -2.40. The van der Waals surface area contributed by atoms with Crippen LogP contribution >= 0.6 is 11.6 Å². The molecule has 3 aromatic carbocycles. The van der Waals surface area contributed by atoms with Crippen molar-refractivity contribution < 1.29 is 35.9 Å². The Kier molecular flexibility index (Phi) is 9.81. The van der Waals surface area contributed by atoms with Crippen LogP contribution in [0, 0.1) is 0 Å². The molecule has 0 spiro atoms. The minimum atomic E-state index is -4.77. The molecule has 208 valence electrons. The normalized spacial score (nSPS) is 11.8. The topological polar surface area (TPSA) is 97.3 Å². The van der Waals surface area contributed by atoms with Crippen molar-refractivity contribution >= 4 is 39.4 Å². The van der Waals surface area contributed by atoms with E-state index in [1.165, 1.54) is 30.5 Å². The molecule has 1 amide bonds. The second kappa shape index (κ2) is 12.9. The largest absolute Gasteiger partial charge is 0.490 e. The average molecular weight is 584 g/mol. The van der Waals surface area contributed by atoms with Crippen LogP contribution < -0.4 is 19.2 Å². The zero-order valence-electron chi connectivity index (χ0n) is 20.9. The fourth-order valence-corrected chi connectivity index (χ4v) is 5.11. The number of hydrazone groups is 1. The monoisotopic (exact) mass is 583 g/mol. The first-order valence-corrected chi connectivity index (χ1v) is 13.4. The van der Waals surface area contributed by atoms with E-state index in [2.05, 4.69) is 10.5 Å². The molecule has 8 nitrogen and oxygen atoms in total. The number of carbonyl (C=O) groups is 1. The van der Waals surface area contributed by atoms with Gasteiger partial charge in [0.15, 0.2) is 11.5 Å². The highest BCUT2D eigenvalue weighted by Crippen LogP contribution is 2.37. The molecule has 0 bridgehead atoms. The van der Waals surface area contributed by atoms with Crippen LogP contribution in [0.1, 0.15) is 25.0 Å². The van der Waals surface area contributed by atoms with Gasteiger partial charge in [-0.1, -0.05) is 29.8 Å². The van der Waals surface area contributed by atoms with E-state index >= 15 is 0 Å². The van der Waals surface area contributed by atoms with Crippen molar-refractivity contribution in [3.63, 3.8) is 0 Å². The molecule has 13 heteroatoms. The van der Waals surface area contributed by atoms with Crippen molar-refractivity contribution in [2.24, 2.45) is 5.10 Å². The number of benzene rings is 3. The van der Waals surface area contributed by atoms with Crippen LogP contribution in [0.5, 0.6) is 11.5 Å². The van der Waals surface area contributed by atoms with Crippen LogP contribution in [0.3, 0.4) is 0 Å². The first-order valence-electron chi connectivity index (χ1n) is 11.6. The van der Waals surface area contributed by atoms with Crippen LogP contribution in [0.25, 0.3) is 0 Å². The fraction of sp³-hybridized carbons (Fsp3) is 0.231. The molecule has 3 aromatic rings. The Labute approximate surface area is 229 Å². The third-order valence-electron chi connectivity index (χ3n) is 5.13. The summed E-state index contributed by atoms with van der Waals surface area (Å²) in [6.45, 7) is 3.56. The molecule has 0 fully saturated rings. The summed E-state index contributed by atoms with van der Waals surface area (Å²) in [6.07, 6.45) is -3.48. The highest BCUT2D eigenvalue weighted by atomic mass is 35.5. The van der Waals surface area contributed by atoms with Gasteiger partial charge in [0.2, 0.25) is 0 Å². The van der Waals surface area contributed by atoms with Crippen molar-refractivity contribution in [3.8, 4) is 11.5 Å². The highest BCUT2D eigenvalue weighted by Gasteiger charge is 2.34. The molecule has 0 aliphatic rings. The number of anilines is 1. The smallest absolute Gasteiger partial charge is 0.416 e. The Bertz CT molecular complexity index is 1430. The number of hydrogen-bond donors (Lipinski definition) is 1. The molecular formula is C26H25ClF3N3O5S. The van der Waals surface area contributed by atoms with Crippen LogP contribution in [0.2, 0.25) is 5.02 Å². The maximum atomic E-state index is 13.4. The summed E-state index contributed by atoms with van der Waals surface area (Å²) in [5.74, 6) is 0.0735. The summed E-state index contributed by atoms with van der Waals surface area (Å²) in [5, 5.41) is 3.55. The lowest BCUT2D eigenvalue weighted by atomic mass is 10.2. The fourth-order valence-electron chi connectivity index (χ4n) is 3.39. The van der Waals surface area contributed by atoms with Crippen molar-refractivity contribution in [2.45, 2.75) is 24.9 Å². The molecule has 0 aliphatic carbocycles. The van der Waals surface area contributed by atoms with Crippen molar-refractivity contribution in [3.05, 3.63) is 82.9 Å². The zero-order chi connectivity index (χ0) is 28.6. The number of alkyl halides is 3. The lowest BCUT2D eigenvalue weighted by Gasteiger charge is -2.25. The van der Waals surface area contributed by atoms with E-state index in [1.54, 1.807) is 24.3 Å². The number of ether oxygens (including phenoxy) is 2. The standard InChI is InChI=1S/C26H25ClF3N3O5S/c1-3-37-23-13-10-18(14-24(23)38-4-2)16-31-32-25(34)17-33(39(35,36)20-8-6-5-7-9-20)22-15-19(26(28,29)30)11-12-21(22)27/h5-16H,3-4,17H2,1-2H3,(H,32,34)/b31-16+. The Morgan fingerprint density at radius 3 is 2.31 bits per heavy atom. The third kappa shape index (κ3) is 7.64. The van der Waals surface area contributed by atoms with E-state index in [1.807, 2.05) is 13.8 Å². The molecule has 3 rings (SSSR count). The summed E-state index contributed by atoms with van der Waals surface area (Å²) >= 11 is 6.12. The van der Waals surface area contributed by atoms with Crippen molar-refractivity contribution in [2.75, 3.05) is 24.1 Å². The molecule has 0 unspecified atom stereocenters.